The van der Waals surface area contributed by atoms with Crippen LogP contribution in [0.15, 0.2) is 30.8 Å². The van der Waals surface area contributed by atoms with Crippen molar-refractivity contribution in [3.05, 3.63) is 47.5 Å². The van der Waals surface area contributed by atoms with Crippen molar-refractivity contribution in [2.24, 2.45) is 0 Å². The van der Waals surface area contributed by atoms with Crippen LogP contribution >= 0.6 is 0 Å². The van der Waals surface area contributed by atoms with Crippen molar-refractivity contribution >= 4 is 18.1 Å². The number of benzene rings is 1. The lowest BCUT2D eigenvalue weighted by Gasteiger charge is -1.97. The van der Waals surface area contributed by atoms with Crippen molar-refractivity contribution in [2.75, 3.05) is 0 Å². The summed E-state index contributed by atoms with van der Waals surface area (Å²) in [6, 6.07) is 6.97. The van der Waals surface area contributed by atoms with Gasteiger partial charge in [-0.2, -0.15) is 4.79 Å². The second-order valence-electron chi connectivity index (χ2n) is 2.40. The van der Waals surface area contributed by atoms with E-state index in [1.165, 1.54) is 0 Å². The first kappa shape index (κ1) is 9.10. The first-order chi connectivity index (χ1) is 6.29. The van der Waals surface area contributed by atoms with Gasteiger partial charge in [0.15, 0.2) is 0 Å². The molecule has 0 radical (unpaired) electrons. The highest BCUT2D eigenvalue weighted by molar-refractivity contribution is 6.34. The zero-order valence-corrected chi connectivity index (χ0v) is 6.97. The molecule has 0 unspecified atom stereocenters. The minimum absolute atomic E-state index is 0.335. The van der Waals surface area contributed by atoms with E-state index < -0.39 is 0 Å². The van der Waals surface area contributed by atoms with E-state index in [9.17, 15) is 4.79 Å². The monoisotopic (exact) mass is 172 g/mol. The highest BCUT2D eigenvalue weighted by Gasteiger charge is 2.09. The molecule has 0 N–H and O–H groups in total. The van der Waals surface area contributed by atoms with E-state index in [1.54, 1.807) is 24.3 Å². The van der Waals surface area contributed by atoms with Crippen LogP contribution in [-0.4, -0.2) is 16.8 Å². The Morgan fingerprint density at radius 1 is 1.46 bits per heavy atom. The predicted molar refractivity (Wildman–Crippen MR) is 50.5 cm³/mol. The smallest absolute Gasteiger partial charge is 0.328 e. The maximum absolute atomic E-state index is 11.3. The molecule has 0 atom stereocenters. The van der Waals surface area contributed by atoms with Crippen LogP contribution in [0.5, 0.6) is 0 Å². The third-order valence-electron chi connectivity index (χ3n) is 1.62. The van der Waals surface area contributed by atoms with Gasteiger partial charge in [0, 0.05) is 5.56 Å². The molecule has 1 aromatic rings. The van der Waals surface area contributed by atoms with Crippen molar-refractivity contribution in [2.45, 2.75) is 0 Å². The van der Waals surface area contributed by atoms with Crippen LogP contribution in [-0.2, 0) is 0 Å². The molecule has 0 saturated carbocycles. The van der Waals surface area contributed by atoms with E-state index in [4.69, 9.17) is 5.53 Å². The van der Waals surface area contributed by atoms with Gasteiger partial charge in [-0.25, -0.2) is 0 Å². The molecule has 0 bridgehead atoms. The zero-order valence-electron chi connectivity index (χ0n) is 6.97. The Morgan fingerprint density at radius 3 is 2.77 bits per heavy atom. The molecule has 0 fully saturated rings. The molecular formula is C10H8N2O. The number of hydrogen-bond donors (Lipinski definition) is 0. The fourth-order valence-corrected chi connectivity index (χ4v) is 1.02. The minimum Gasteiger partial charge on any atom is -0.361 e. The Morgan fingerprint density at radius 2 is 2.15 bits per heavy atom. The molecule has 0 aliphatic rings. The van der Waals surface area contributed by atoms with E-state index in [1.807, 2.05) is 6.07 Å². The van der Waals surface area contributed by atoms with Gasteiger partial charge in [0.1, 0.15) is 0 Å². The zero-order chi connectivity index (χ0) is 9.68. The molecule has 1 aromatic carbocycles. The second-order valence-corrected chi connectivity index (χ2v) is 2.40. The summed E-state index contributed by atoms with van der Waals surface area (Å²) in [7, 11) is 0. The average molecular weight is 172 g/mol. The summed E-state index contributed by atoms with van der Waals surface area (Å²) >= 11 is 0. The first-order valence-electron chi connectivity index (χ1n) is 3.73. The predicted octanol–water partition coefficient (Wildman–Crippen LogP) is 1.81. The quantitative estimate of drug-likeness (QED) is 0.297. The third kappa shape index (κ3) is 1.98. The molecule has 64 valence electrons. The Labute approximate surface area is 75.9 Å². The Kier molecular flexibility index (Phi) is 2.90. The molecular weight excluding hydrogens is 164 g/mol. The molecule has 3 heteroatoms. The van der Waals surface area contributed by atoms with Gasteiger partial charge in [-0.3, -0.25) is 4.79 Å². The van der Waals surface area contributed by atoms with Gasteiger partial charge in [-0.05, 0) is 5.56 Å². The highest BCUT2D eigenvalue weighted by Crippen LogP contribution is 2.09. The van der Waals surface area contributed by atoms with Gasteiger partial charge in [-0.15, -0.1) is 0 Å². The van der Waals surface area contributed by atoms with Gasteiger partial charge in [0.2, 0.25) is 0 Å². The molecule has 0 aliphatic heterocycles. The standard InChI is InChI=1S/C10H8N2O/c1-2-8-5-3-4-6-9(8)10(13)7-12-11/h2-7H,1H2. The normalized spacial score (nSPS) is 8.62. The number of hydrogen-bond acceptors (Lipinski definition) is 1. The molecule has 0 spiro atoms. The Balaban J connectivity index is 3.20. The van der Waals surface area contributed by atoms with E-state index in [0.717, 1.165) is 11.8 Å². The lowest BCUT2D eigenvalue weighted by atomic mass is 10.0. The molecule has 1 rings (SSSR count). The van der Waals surface area contributed by atoms with Crippen LogP contribution in [0.25, 0.3) is 11.6 Å². The van der Waals surface area contributed by atoms with Crippen LogP contribution < -0.4 is 0 Å². The van der Waals surface area contributed by atoms with Crippen molar-refractivity contribution in [1.29, 1.82) is 0 Å². The van der Waals surface area contributed by atoms with Gasteiger partial charge in [0.05, 0.1) is 0 Å². The molecule has 0 amide bonds. The molecule has 0 aromatic heterocycles. The minimum atomic E-state index is -0.335. The number of nitrogens with zero attached hydrogens (tertiary/aromatic N) is 2. The van der Waals surface area contributed by atoms with Gasteiger partial charge >= 0.3 is 6.21 Å². The average Bonchev–Trinajstić information content (AvgIpc) is 2.18. The van der Waals surface area contributed by atoms with Gasteiger partial charge in [0.25, 0.3) is 5.78 Å². The van der Waals surface area contributed by atoms with Crippen LogP contribution in [0.2, 0.25) is 0 Å². The van der Waals surface area contributed by atoms with Gasteiger partial charge in [-0.1, -0.05) is 36.9 Å². The summed E-state index contributed by atoms with van der Waals surface area (Å²) in [6.45, 7) is 3.57. The number of carbonyl (C=O) groups is 1. The maximum atomic E-state index is 11.3. The molecule has 3 nitrogen and oxygen atoms in total. The van der Waals surface area contributed by atoms with E-state index in [0.29, 0.717) is 5.56 Å². The maximum Gasteiger partial charge on any atom is 0.328 e. The molecule has 0 aliphatic carbocycles. The Bertz CT molecular complexity index is 390. The number of Topliss-reactive ketones (excluding diaryl/α,β-unsaturated/α-hetero) is 1. The fourth-order valence-electron chi connectivity index (χ4n) is 1.02. The van der Waals surface area contributed by atoms with Crippen molar-refractivity contribution in [3.8, 4) is 0 Å². The number of rotatable bonds is 3. The Hall–Kier alpha value is -1.99. The summed E-state index contributed by atoms with van der Waals surface area (Å²) in [6.07, 6.45) is 2.45. The lowest BCUT2D eigenvalue weighted by Crippen LogP contribution is -2.02. The van der Waals surface area contributed by atoms with Crippen LogP contribution in [0, 0.1) is 0 Å². The van der Waals surface area contributed by atoms with Crippen LogP contribution in [0.1, 0.15) is 15.9 Å². The number of ketones is 1. The highest BCUT2D eigenvalue weighted by atomic mass is 16.1. The van der Waals surface area contributed by atoms with Crippen molar-refractivity contribution in [1.82, 2.24) is 0 Å². The van der Waals surface area contributed by atoms with Crippen LogP contribution in [0.3, 0.4) is 0 Å². The van der Waals surface area contributed by atoms with E-state index >= 15 is 0 Å². The number of carbonyl (C=O) groups excluding carboxylic acids is 1. The summed E-state index contributed by atoms with van der Waals surface area (Å²) in [5, 5.41) is 0. The molecule has 0 heterocycles. The molecule has 13 heavy (non-hydrogen) atoms. The fraction of sp³-hybridized carbons (Fsp3) is 0. The summed E-state index contributed by atoms with van der Waals surface area (Å²) < 4.78 is 0. The molecule has 0 saturated heterocycles. The topological polar surface area (TPSA) is 53.5 Å². The third-order valence-corrected chi connectivity index (χ3v) is 1.62. The SMILES string of the molecule is C=Cc1ccccc1C(=O)C=[N+]=[N-]. The van der Waals surface area contributed by atoms with Crippen molar-refractivity contribution in [3.63, 3.8) is 0 Å². The van der Waals surface area contributed by atoms with Crippen molar-refractivity contribution < 1.29 is 9.58 Å². The largest absolute Gasteiger partial charge is 0.361 e. The summed E-state index contributed by atoms with van der Waals surface area (Å²) in [5.41, 5.74) is 9.40. The van der Waals surface area contributed by atoms with E-state index in [-0.39, 0.29) is 5.78 Å². The summed E-state index contributed by atoms with van der Waals surface area (Å²) in [4.78, 5) is 13.9. The first-order valence-corrected chi connectivity index (χ1v) is 3.73. The van der Waals surface area contributed by atoms with Crippen LogP contribution in [0.4, 0.5) is 0 Å². The summed E-state index contributed by atoms with van der Waals surface area (Å²) in [5.74, 6) is -0.335. The second kappa shape index (κ2) is 4.14. The van der Waals surface area contributed by atoms with E-state index in [2.05, 4.69) is 11.4 Å². The lowest BCUT2D eigenvalue weighted by molar-refractivity contribution is 0.00234. The van der Waals surface area contributed by atoms with Gasteiger partial charge < -0.3 is 5.53 Å².